The van der Waals surface area contributed by atoms with E-state index in [0.717, 1.165) is 11.3 Å². The predicted octanol–water partition coefficient (Wildman–Crippen LogP) is 2.20. The zero-order valence-corrected chi connectivity index (χ0v) is 10.9. The van der Waals surface area contributed by atoms with Gasteiger partial charge < -0.3 is 4.74 Å². The van der Waals surface area contributed by atoms with E-state index >= 15 is 0 Å². The number of rotatable bonds is 3. The van der Waals surface area contributed by atoms with Crippen LogP contribution in [0.1, 0.15) is 17.0 Å². The molecule has 1 aromatic carbocycles. The third kappa shape index (κ3) is 2.08. The summed E-state index contributed by atoms with van der Waals surface area (Å²) in [6, 6.07) is 13.4. The lowest BCUT2D eigenvalue weighted by atomic mass is 10.1. The Morgan fingerprint density at radius 1 is 1.25 bits per heavy atom. The molecule has 0 aliphatic rings. The lowest BCUT2D eigenvalue weighted by Crippen LogP contribution is -1.95. The van der Waals surface area contributed by atoms with E-state index in [1.54, 1.807) is 30.0 Å². The summed E-state index contributed by atoms with van der Waals surface area (Å²) >= 11 is 0. The van der Waals surface area contributed by atoms with Gasteiger partial charge in [0.25, 0.3) is 0 Å². The highest BCUT2D eigenvalue weighted by molar-refractivity contribution is 5.54. The summed E-state index contributed by atoms with van der Waals surface area (Å²) in [6.45, 7) is 0. The average Bonchev–Trinajstić information content (AvgIpc) is 2.90. The molecule has 3 aromatic rings. The maximum absolute atomic E-state index is 9.07. The number of para-hydroxylation sites is 1. The fourth-order valence-electron chi connectivity index (χ4n) is 2.13. The van der Waals surface area contributed by atoms with Crippen LogP contribution in [0.5, 0.6) is 5.75 Å². The van der Waals surface area contributed by atoms with Crippen LogP contribution in [0.4, 0.5) is 0 Å². The number of nitrogens with zero attached hydrogens (tertiary/aromatic N) is 4. The molecule has 0 N–H and O–H groups in total. The van der Waals surface area contributed by atoms with Crippen LogP contribution in [0.25, 0.3) is 5.65 Å². The molecule has 0 unspecified atom stereocenters. The Kier molecular flexibility index (Phi) is 3.05. The molecular formula is C15H12N4O. The number of benzene rings is 1. The summed E-state index contributed by atoms with van der Waals surface area (Å²) in [5, 5.41) is 13.5. The minimum Gasteiger partial charge on any atom is -0.496 e. The van der Waals surface area contributed by atoms with Crippen LogP contribution in [-0.2, 0) is 6.42 Å². The fourth-order valence-corrected chi connectivity index (χ4v) is 2.13. The Labute approximate surface area is 116 Å². The van der Waals surface area contributed by atoms with Gasteiger partial charge in [0.15, 0.2) is 11.5 Å². The van der Waals surface area contributed by atoms with Gasteiger partial charge in [-0.2, -0.15) is 10.4 Å². The van der Waals surface area contributed by atoms with Gasteiger partial charge in [0.05, 0.1) is 12.7 Å². The fraction of sp³-hybridized carbons (Fsp3) is 0.133. The molecule has 0 fully saturated rings. The Hall–Kier alpha value is -2.87. The summed E-state index contributed by atoms with van der Waals surface area (Å²) in [6.07, 6.45) is 2.35. The molecule has 0 saturated carbocycles. The first-order chi connectivity index (χ1) is 9.81. The second-order valence-corrected chi connectivity index (χ2v) is 4.32. The minimum absolute atomic E-state index is 0.520. The van der Waals surface area contributed by atoms with Crippen molar-refractivity contribution >= 4 is 5.65 Å². The lowest BCUT2D eigenvalue weighted by Gasteiger charge is -2.05. The van der Waals surface area contributed by atoms with Crippen LogP contribution in [-0.4, -0.2) is 21.7 Å². The molecule has 0 aliphatic carbocycles. The second kappa shape index (κ2) is 5.02. The summed E-state index contributed by atoms with van der Waals surface area (Å²) in [5.74, 6) is 1.48. The number of hydrogen-bond acceptors (Lipinski definition) is 4. The first kappa shape index (κ1) is 12.2. The van der Waals surface area contributed by atoms with Crippen molar-refractivity contribution in [2.24, 2.45) is 0 Å². The maximum Gasteiger partial charge on any atom is 0.173 e. The second-order valence-electron chi connectivity index (χ2n) is 4.32. The van der Waals surface area contributed by atoms with E-state index in [9.17, 15) is 0 Å². The molecule has 0 atom stereocenters. The van der Waals surface area contributed by atoms with Crippen molar-refractivity contribution in [2.75, 3.05) is 7.11 Å². The quantitative estimate of drug-likeness (QED) is 0.727. The van der Waals surface area contributed by atoms with Gasteiger partial charge in [0, 0.05) is 18.2 Å². The zero-order chi connectivity index (χ0) is 13.9. The molecule has 0 amide bonds. The number of fused-ring (bicyclic) bond motifs is 1. The molecule has 0 aliphatic heterocycles. The van der Waals surface area contributed by atoms with Gasteiger partial charge in [-0.3, -0.25) is 0 Å². The molecule has 0 spiro atoms. The van der Waals surface area contributed by atoms with Crippen LogP contribution >= 0.6 is 0 Å². The highest BCUT2D eigenvalue weighted by Crippen LogP contribution is 2.20. The SMILES string of the molecule is COc1ccccc1Cc1nc2c(C#N)cccn2n1. The topological polar surface area (TPSA) is 63.2 Å². The lowest BCUT2D eigenvalue weighted by molar-refractivity contribution is 0.410. The highest BCUT2D eigenvalue weighted by atomic mass is 16.5. The molecule has 98 valence electrons. The molecule has 0 bridgehead atoms. The van der Waals surface area contributed by atoms with Gasteiger partial charge in [0.2, 0.25) is 0 Å². The van der Waals surface area contributed by atoms with Gasteiger partial charge in [-0.25, -0.2) is 9.50 Å². The first-order valence-corrected chi connectivity index (χ1v) is 6.18. The minimum atomic E-state index is 0.520. The molecular weight excluding hydrogens is 252 g/mol. The van der Waals surface area contributed by atoms with E-state index in [2.05, 4.69) is 16.2 Å². The number of ether oxygens (including phenoxy) is 1. The maximum atomic E-state index is 9.07. The monoisotopic (exact) mass is 264 g/mol. The third-order valence-corrected chi connectivity index (χ3v) is 3.07. The smallest absolute Gasteiger partial charge is 0.173 e. The van der Waals surface area contributed by atoms with E-state index < -0.39 is 0 Å². The van der Waals surface area contributed by atoms with Crippen molar-refractivity contribution in [3.05, 3.63) is 59.5 Å². The van der Waals surface area contributed by atoms with Crippen LogP contribution in [0.15, 0.2) is 42.6 Å². The van der Waals surface area contributed by atoms with E-state index in [0.29, 0.717) is 23.5 Å². The molecule has 3 rings (SSSR count). The van der Waals surface area contributed by atoms with Crippen molar-refractivity contribution in [3.8, 4) is 11.8 Å². The van der Waals surface area contributed by atoms with Gasteiger partial charge in [-0.1, -0.05) is 18.2 Å². The largest absolute Gasteiger partial charge is 0.496 e. The Morgan fingerprint density at radius 3 is 2.90 bits per heavy atom. The average molecular weight is 264 g/mol. The number of aromatic nitrogens is 3. The summed E-state index contributed by atoms with van der Waals surface area (Å²) < 4.78 is 6.95. The van der Waals surface area contributed by atoms with Gasteiger partial charge >= 0.3 is 0 Å². The van der Waals surface area contributed by atoms with Crippen molar-refractivity contribution in [1.82, 2.24) is 14.6 Å². The molecule has 2 aromatic heterocycles. The van der Waals surface area contributed by atoms with E-state index in [-0.39, 0.29) is 0 Å². The Bertz CT molecular complexity index is 801. The normalized spacial score (nSPS) is 10.4. The van der Waals surface area contributed by atoms with Crippen molar-refractivity contribution in [1.29, 1.82) is 5.26 Å². The third-order valence-electron chi connectivity index (χ3n) is 3.07. The van der Waals surface area contributed by atoms with Crippen LogP contribution in [0.3, 0.4) is 0 Å². The standard InChI is InChI=1S/C15H12N4O/c1-20-13-7-3-2-5-11(13)9-14-17-15-12(10-16)6-4-8-19(15)18-14/h2-8H,9H2,1H3. The van der Waals surface area contributed by atoms with Gasteiger partial charge in [0.1, 0.15) is 11.8 Å². The molecule has 2 heterocycles. The van der Waals surface area contributed by atoms with Gasteiger partial charge in [-0.05, 0) is 18.2 Å². The van der Waals surface area contributed by atoms with E-state index in [1.165, 1.54) is 0 Å². The number of pyridine rings is 1. The van der Waals surface area contributed by atoms with Crippen LogP contribution < -0.4 is 4.74 Å². The molecule has 20 heavy (non-hydrogen) atoms. The summed E-state index contributed by atoms with van der Waals surface area (Å²) in [4.78, 5) is 4.43. The first-order valence-electron chi connectivity index (χ1n) is 6.18. The van der Waals surface area contributed by atoms with E-state index in [1.807, 2.05) is 24.3 Å². The Morgan fingerprint density at radius 2 is 2.10 bits per heavy atom. The number of nitriles is 1. The summed E-state index contributed by atoms with van der Waals surface area (Å²) in [7, 11) is 1.64. The Balaban J connectivity index is 2.02. The van der Waals surface area contributed by atoms with Crippen LogP contribution in [0, 0.1) is 11.3 Å². The van der Waals surface area contributed by atoms with Crippen LogP contribution in [0.2, 0.25) is 0 Å². The zero-order valence-electron chi connectivity index (χ0n) is 10.9. The summed E-state index contributed by atoms with van der Waals surface area (Å²) in [5.41, 5.74) is 2.12. The number of methoxy groups -OCH3 is 1. The van der Waals surface area contributed by atoms with E-state index in [4.69, 9.17) is 10.00 Å². The molecule has 5 nitrogen and oxygen atoms in total. The number of hydrogen-bond donors (Lipinski definition) is 0. The molecule has 5 heteroatoms. The van der Waals surface area contributed by atoms with Crippen molar-refractivity contribution in [2.45, 2.75) is 6.42 Å². The highest BCUT2D eigenvalue weighted by Gasteiger charge is 2.10. The molecule has 0 saturated heterocycles. The molecule has 0 radical (unpaired) electrons. The van der Waals surface area contributed by atoms with Crippen molar-refractivity contribution < 1.29 is 4.74 Å². The van der Waals surface area contributed by atoms with Gasteiger partial charge in [-0.15, -0.1) is 0 Å². The predicted molar refractivity (Wildman–Crippen MR) is 73.5 cm³/mol. The van der Waals surface area contributed by atoms with Crippen molar-refractivity contribution in [3.63, 3.8) is 0 Å².